The molecule has 0 bridgehead atoms. The SMILES string of the molecule is CC1=CC[C]([Zr+2][C]2=CC(C(C)(C)C)=CC2)=C1.[Cl-].[Cl-]. The summed E-state index contributed by atoms with van der Waals surface area (Å²) in [6.07, 6.45) is 12.2. The van der Waals surface area contributed by atoms with Crippen molar-refractivity contribution in [3.8, 4) is 0 Å². The molecule has 18 heavy (non-hydrogen) atoms. The Morgan fingerprint density at radius 2 is 1.50 bits per heavy atom. The van der Waals surface area contributed by atoms with Crippen molar-refractivity contribution in [2.75, 3.05) is 0 Å². The molecule has 0 radical (unpaired) electrons. The number of hydrogen-bond donors (Lipinski definition) is 0. The Morgan fingerprint density at radius 1 is 0.944 bits per heavy atom. The van der Waals surface area contributed by atoms with E-state index < -0.39 is 23.2 Å². The quantitative estimate of drug-likeness (QED) is 0.565. The molecule has 0 N–H and O–H groups in total. The fourth-order valence-electron chi connectivity index (χ4n) is 2.09. The van der Waals surface area contributed by atoms with Crippen LogP contribution in [0.3, 0.4) is 0 Å². The summed E-state index contributed by atoms with van der Waals surface area (Å²) in [7, 11) is 0. The Bertz CT molecular complexity index is 420. The minimum absolute atomic E-state index is 0. The van der Waals surface area contributed by atoms with Gasteiger partial charge in [-0.2, -0.15) is 0 Å². The van der Waals surface area contributed by atoms with Gasteiger partial charge in [0.2, 0.25) is 0 Å². The van der Waals surface area contributed by atoms with E-state index >= 15 is 0 Å². The molecule has 0 aromatic rings. The van der Waals surface area contributed by atoms with Crippen LogP contribution in [-0.2, 0) is 23.2 Å². The fraction of sp³-hybridized carbons (Fsp3) is 0.467. The molecule has 0 atom stereocenters. The number of rotatable bonds is 2. The predicted octanol–water partition coefficient (Wildman–Crippen LogP) is -1.43. The summed E-state index contributed by atoms with van der Waals surface area (Å²) in [6.45, 7) is 9.14. The van der Waals surface area contributed by atoms with E-state index in [1.54, 1.807) is 12.1 Å². The molecular formula is C15H20Cl2Zr. The van der Waals surface area contributed by atoms with Gasteiger partial charge in [0.1, 0.15) is 0 Å². The Balaban J connectivity index is 0.00000144. The molecule has 3 heteroatoms. The van der Waals surface area contributed by atoms with Crippen LogP contribution in [0.15, 0.2) is 42.0 Å². The van der Waals surface area contributed by atoms with E-state index in [2.05, 4.69) is 52.0 Å². The third-order valence-corrected chi connectivity index (χ3v) is 6.40. The number of halogens is 2. The van der Waals surface area contributed by atoms with Crippen LogP contribution in [0.1, 0.15) is 40.5 Å². The first-order valence-corrected chi connectivity index (χ1v) is 8.46. The zero-order valence-corrected chi connectivity index (χ0v) is 15.4. The molecule has 0 spiro atoms. The molecule has 2 aliphatic carbocycles. The van der Waals surface area contributed by atoms with Gasteiger partial charge in [-0.3, -0.25) is 0 Å². The molecule has 0 fully saturated rings. The molecule has 0 aromatic heterocycles. The van der Waals surface area contributed by atoms with E-state index in [4.69, 9.17) is 0 Å². The predicted molar refractivity (Wildman–Crippen MR) is 66.7 cm³/mol. The first-order chi connectivity index (χ1) is 7.45. The van der Waals surface area contributed by atoms with Gasteiger partial charge < -0.3 is 24.8 Å². The summed E-state index contributed by atoms with van der Waals surface area (Å²) < 4.78 is 3.50. The number of allylic oxidation sites excluding steroid dienone is 8. The molecule has 98 valence electrons. The van der Waals surface area contributed by atoms with Crippen molar-refractivity contribution < 1.29 is 48.0 Å². The minimum atomic E-state index is -0.433. The van der Waals surface area contributed by atoms with Crippen LogP contribution in [0.2, 0.25) is 0 Å². The van der Waals surface area contributed by atoms with E-state index in [9.17, 15) is 0 Å². The van der Waals surface area contributed by atoms with Gasteiger partial charge in [-0.05, 0) is 0 Å². The molecule has 0 aliphatic heterocycles. The minimum Gasteiger partial charge on any atom is -1.00 e. The van der Waals surface area contributed by atoms with E-state index in [0.29, 0.717) is 5.41 Å². The normalized spacial score (nSPS) is 17.8. The van der Waals surface area contributed by atoms with Gasteiger partial charge in [-0.25, -0.2) is 0 Å². The molecule has 0 saturated heterocycles. The monoisotopic (exact) mass is 360 g/mol. The van der Waals surface area contributed by atoms with E-state index in [1.807, 2.05) is 0 Å². The van der Waals surface area contributed by atoms with Gasteiger partial charge in [0.15, 0.2) is 0 Å². The van der Waals surface area contributed by atoms with Crippen molar-refractivity contribution >= 4 is 0 Å². The molecule has 0 nitrogen and oxygen atoms in total. The zero-order valence-electron chi connectivity index (χ0n) is 11.5. The van der Waals surface area contributed by atoms with Crippen molar-refractivity contribution in [1.82, 2.24) is 0 Å². The maximum atomic E-state index is 2.49. The Hall–Kier alpha value is 0.423. The van der Waals surface area contributed by atoms with E-state index in [1.165, 1.54) is 18.4 Å². The van der Waals surface area contributed by atoms with Crippen LogP contribution in [-0.4, -0.2) is 0 Å². The topological polar surface area (TPSA) is 0 Å². The summed E-state index contributed by atoms with van der Waals surface area (Å²) in [5, 5.41) is 0. The summed E-state index contributed by atoms with van der Waals surface area (Å²) >= 11 is -0.433. The first kappa shape index (κ1) is 18.4. The summed E-state index contributed by atoms with van der Waals surface area (Å²) in [6, 6.07) is 0. The van der Waals surface area contributed by atoms with Crippen LogP contribution >= 0.6 is 0 Å². The Morgan fingerprint density at radius 3 is 1.94 bits per heavy atom. The summed E-state index contributed by atoms with van der Waals surface area (Å²) in [4.78, 5) is 0. The average Bonchev–Trinajstić information content (AvgIpc) is 2.74. The molecule has 0 aromatic carbocycles. The summed E-state index contributed by atoms with van der Waals surface area (Å²) in [5.41, 5.74) is 3.35. The molecular weight excluding hydrogens is 342 g/mol. The Kier molecular flexibility index (Phi) is 7.44. The van der Waals surface area contributed by atoms with Gasteiger partial charge in [-0.15, -0.1) is 0 Å². The van der Waals surface area contributed by atoms with Crippen LogP contribution in [0.5, 0.6) is 0 Å². The van der Waals surface area contributed by atoms with Gasteiger partial charge in [0.25, 0.3) is 0 Å². The third-order valence-electron chi connectivity index (χ3n) is 3.10. The third kappa shape index (κ3) is 4.84. The second kappa shape index (κ2) is 7.27. The van der Waals surface area contributed by atoms with Gasteiger partial charge in [-0.1, -0.05) is 0 Å². The van der Waals surface area contributed by atoms with Crippen LogP contribution in [0.4, 0.5) is 0 Å². The molecule has 0 amide bonds. The smallest absolute Gasteiger partial charge is 1.00 e. The van der Waals surface area contributed by atoms with E-state index in [0.717, 1.165) is 0 Å². The summed E-state index contributed by atoms with van der Waals surface area (Å²) in [5.74, 6) is 0. The molecule has 2 rings (SSSR count). The van der Waals surface area contributed by atoms with Crippen LogP contribution in [0.25, 0.3) is 0 Å². The number of hydrogen-bond acceptors (Lipinski definition) is 0. The van der Waals surface area contributed by atoms with Crippen LogP contribution in [0, 0.1) is 5.41 Å². The molecule has 0 unspecified atom stereocenters. The van der Waals surface area contributed by atoms with Crippen molar-refractivity contribution in [3.63, 3.8) is 0 Å². The average molecular weight is 362 g/mol. The molecule has 2 aliphatic rings. The zero-order chi connectivity index (χ0) is 11.8. The maximum Gasteiger partial charge on any atom is -1.00 e. The second-order valence-corrected chi connectivity index (χ2v) is 9.50. The van der Waals surface area contributed by atoms with Gasteiger partial charge in [0.05, 0.1) is 0 Å². The van der Waals surface area contributed by atoms with Crippen molar-refractivity contribution in [2.24, 2.45) is 5.41 Å². The van der Waals surface area contributed by atoms with E-state index in [-0.39, 0.29) is 24.8 Å². The molecule has 0 heterocycles. The molecule has 0 saturated carbocycles. The van der Waals surface area contributed by atoms with Crippen molar-refractivity contribution in [1.29, 1.82) is 0 Å². The standard InChI is InChI=1S/C9H13.C6H7.2ClH.Zr/c1-9(2,3)8-6-4-5-7-8;1-6-4-2-3-5-6;;;/h6-7H,4H2,1-3H3;4-5H,2H2,1H3;2*1H;/q;;;;+2/p-2. The Labute approximate surface area is 135 Å². The van der Waals surface area contributed by atoms with Crippen LogP contribution < -0.4 is 24.8 Å². The fourth-order valence-corrected chi connectivity index (χ4v) is 5.41. The second-order valence-electron chi connectivity index (χ2n) is 5.73. The first-order valence-electron chi connectivity index (χ1n) is 6.01. The van der Waals surface area contributed by atoms with Crippen molar-refractivity contribution in [3.05, 3.63) is 42.0 Å². The van der Waals surface area contributed by atoms with Crippen molar-refractivity contribution in [2.45, 2.75) is 40.5 Å². The maximum absolute atomic E-state index is 2.49. The van der Waals surface area contributed by atoms with Gasteiger partial charge >= 0.3 is 111 Å². The largest absolute Gasteiger partial charge is 1.00 e. The van der Waals surface area contributed by atoms with Gasteiger partial charge in [0, 0.05) is 0 Å².